The highest BCUT2D eigenvalue weighted by Gasteiger charge is 2.12. The number of hydrogen-bond donors (Lipinski definition) is 2. The molecule has 0 aliphatic heterocycles. The molecule has 1 aromatic heterocycles. The van der Waals surface area contributed by atoms with E-state index in [1.54, 1.807) is 10.7 Å². The van der Waals surface area contributed by atoms with E-state index in [9.17, 15) is 0 Å². The number of thiocarbonyl (C=S) groups is 1. The molecule has 0 spiro atoms. The van der Waals surface area contributed by atoms with Crippen LogP contribution >= 0.6 is 23.8 Å². The van der Waals surface area contributed by atoms with Crippen LogP contribution in [-0.4, -0.2) is 14.8 Å². The SMILES string of the molecule is CCc1nn(C)cc1Nc1cccc(Cl)c1C(N)=S. The van der Waals surface area contributed by atoms with Crippen molar-refractivity contribution in [3.05, 3.63) is 40.7 Å². The lowest BCUT2D eigenvalue weighted by Gasteiger charge is -2.12. The van der Waals surface area contributed by atoms with Crippen molar-refractivity contribution in [1.82, 2.24) is 9.78 Å². The van der Waals surface area contributed by atoms with Crippen molar-refractivity contribution in [2.24, 2.45) is 12.8 Å². The number of anilines is 2. The average Bonchev–Trinajstić information content (AvgIpc) is 2.69. The van der Waals surface area contributed by atoms with E-state index in [0.29, 0.717) is 10.6 Å². The third kappa shape index (κ3) is 2.88. The van der Waals surface area contributed by atoms with Crippen molar-refractivity contribution in [3.63, 3.8) is 0 Å². The lowest BCUT2D eigenvalue weighted by Crippen LogP contribution is -2.12. The Balaban J connectivity index is 2.43. The fourth-order valence-electron chi connectivity index (χ4n) is 1.92. The van der Waals surface area contributed by atoms with E-state index in [1.165, 1.54) is 0 Å². The number of benzene rings is 1. The second-order valence-corrected chi connectivity index (χ2v) is 5.02. The summed E-state index contributed by atoms with van der Waals surface area (Å²) < 4.78 is 1.77. The zero-order chi connectivity index (χ0) is 14.0. The highest BCUT2D eigenvalue weighted by Crippen LogP contribution is 2.28. The molecule has 1 aromatic carbocycles. The fourth-order valence-corrected chi connectivity index (χ4v) is 2.48. The lowest BCUT2D eigenvalue weighted by molar-refractivity contribution is 0.746. The quantitative estimate of drug-likeness (QED) is 0.851. The molecule has 6 heteroatoms. The van der Waals surface area contributed by atoms with Gasteiger partial charge < -0.3 is 11.1 Å². The monoisotopic (exact) mass is 294 g/mol. The number of nitrogens with zero attached hydrogens (tertiary/aromatic N) is 2. The van der Waals surface area contributed by atoms with Crippen LogP contribution < -0.4 is 11.1 Å². The van der Waals surface area contributed by atoms with Gasteiger partial charge in [0.15, 0.2) is 0 Å². The molecule has 0 fully saturated rings. The van der Waals surface area contributed by atoms with Crippen LogP contribution in [0, 0.1) is 0 Å². The molecule has 0 unspecified atom stereocenters. The maximum Gasteiger partial charge on any atom is 0.107 e. The lowest BCUT2D eigenvalue weighted by atomic mass is 10.1. The van der Waals surface area contributed by atoms with Crippen LogP contribution in [0.4, 0.5) is 11.4 Å². The summed E-state index contributed by atoms with van der Waals surface area (Å²) in [5.74, 6) is 0. The molecule has 1 heterocycles. The van der Waals surface area contributed by atoms with Gasteiger partial charge in [-0.05, 0) is 18.6 Å². The first kappa shape index (κ1) is 13.8. The predicted octanol–water partition coefficient (Wildman–Crippen LogP) is 3.01. The van der Waals surface area contributed by atoms with Gasteiger partial charge in [-0.1, -0.05) is 36.8 Å². The first-order chi connectivity index (χ1) is 9.02. The second-order valence-electron chi connectivity index (χ2n) is 4.17. The molecule has 0 aliphatic carbocycles. The van der Waals surface area contributed by atoms with Crippen LogP contribution in [-0.2, 0) is 13.5 Å². The molecule has 0 aliphatic rings. The minimum atomic E-state index is 0.273. The highest BCUT2D eigenvalue weighted by molar-refractivity contribution is 7.80. The van der Waals surface area contributed by atoms with E-state index >= 15 is 0 Å². The smallest absolute Gasteiger partial charge is 0.107 e. The van der Waals surface area contributed by atoms with E-state index in [0.717, 1.165) is 23.5 Å². The molecule has 0 amide bonds. The maximum absolute atomic E-state index is 6.14. The van der Waals surface area contributed by atoms with Crippen LogP contribution in [0.25, 0.3) is 0 Å². The first-order valence-corrected chi connectivity index (χ1v) is 6.69. The van der Waals surface area contributed by atoms with Gasteiger partial charge in [0.1, 0.15) is 4.99 Å². The summed E-state index contributed by atoms with van der Waals surface area (Å²) >= 11 is 11.2. The third-order valence-electron chi connectivity index (χ3n) is 2.77. The fraction of sp³-hybridized carbons (Fsp3) is 0.231. The van der Waals surface area contributed by atoms with E-state index in [-0.39, 0.29) is 4.99 Å². The van der Waals surface area contributed by atoms with Gasteiger partial charge in [-0.25, -0.2) is 0 Å². The van der Waals surface area contributed by atoms with Gasteiger partial charge in [-0.2, -0.15) is 5.10 Å². The Hall–Kier alpha value is -1.59. The molecule has 0 bridgehead atoms. The molecule has 100 valence electrons. The Labute approximate surface area is 122 Å². The van der Waals surface area contributed by atoms with Gasteiger partial charge in [-0.15, -0.1) is 0 Å². The Bertz CT molecular complexity index is 621. The average molecular weight is 295 g/mol. The molecule has 4 nitrogen and oxygen atoms in total. The van der Waals surface area contributed by atoms with E-state index in [1.807, 2.05) is 25.4 Å². The van der Waals surface area contributed by atoms with E-state index < -0.39 is 0 Å². The van der Waals surface area contributed by atoms with Gasteiger partial charge in [-0.3, -0.25) is 4.68 Å². The van der Waals surface area contributed by atoms with E-state index in [4.69, 9.17) is 29.6 Å². The number of hydrogen-bond acceptors (Lipinski definition) is 3. The third-order valence-corrected chi connectivity index (χ3v) is 3.29. The Morgan fingerprint density at radius 2 is 2.21 bits per heavy atom. The molecular formula is C13H15ClN4S. The zero-order valence-electron chi connectivity index (χ0n) is 10.8. The van der Waals surface area contributed by atoms with Gasteiger partial charge in [0.05, 0.1) is 27.7 Å². The van der Waals surface area contributed by atoms with Crippen molar-refractivity contribution in [1.29, 1.82) is 0 Å². The Morgan fingerprint density at radius 3 is 2.84 bits per heavy atom. The van der Waals surface area contributed by atoms with Crippen molar-refractivity contribution < 1.29 is 0 Å². The molecule has 0 atom stereocenters. The minimum Gasteiger partial charge on any atom is -0.389 e. The van der Waals surface area contributed by atoms with Crippen LogP contribution in [0.3, 0.4) is 0 Å². The summed E-state index contributed by atoms with van der Waals surface area (Å²) in [4.78, 5) is 0.273. The molecule has 2 aromatic rings. The van der Waals surface area contributed by atoms with Gasteiger partial charge in [0.2, 0.25) is 0 Å². The predicted molar refractivity (Wildman–Crippen MR) is 83.2 cm³/mol. The number of rotatable bonds is 4. The molecule has 19 heavy (non-hydrogen) atoms. The Morgan fingerprint density at radius 1 is 1.47 bits per heavy atom. The largest absolute Gasteiger partial charge is 0.389 e. The summed E-state index contributed by atoms with van der Waals surface area (Å²) in [6.45, 7) is 2.06. The topological polar surface area (TPSA) is 55.9 Å². The molecule has 0 saturated heterocycles. The summed E-state index contributed by atoms with van der Waals surface area (Å²) in [7, 11) is 1.89. The molecular weight excluding hydrogens is 280 g/mol. The highest BCUT2D eigenvalue weighted by atomic mass is 35.5. The number of halogens is 1. The molecule has 2 rings (SSSR count). The zero-order valence-corrected chi connectivity index (χ0v) is 12.3. The van der Waals surface area contributed by atoms with Gasteiger partial charge >= 0.3 is 0 Å². The number of aromatic nitrogens is 2. The normalized spacial score (nSPS) is 10.5. The number of nitrogens with one attached hydrogen (secondary N) is 1. The summed E-state index contributed by atoms with van der Waals surface area (Å²) in [5.41, 5.74) is 9.10. The van der Waals surface area contributed by atoms with Crippen LogP contribution in [0.2, 0.25) is 5.02 Å². The summed E-state index contributed by atoms with van der Waals surface area (Å²) in [6, 6.07) is 5.52. The standard InChI is InChI=1S/C13H15ClN4S/c1-3-9-11(7-18(2)17-9)16-10-6-4-5-8(14)12(10)13(15)19/h4-7,16H,3H2,1-2H3,(H2,15,19). The van der Waals surface area contributed by atoms with Crippen molar-refractivity contribution in [2.45, 2.75) is 13.3 Å². The summed E-state index contributed by atoms with van der Waals surface area (Å²) in [5, 5.41) is 8.22. The second kappa shape index (κ2) is 5.59. The van der Waals surface area contributed by atoms with Crippen molar-refractivity contribution >= 4 is 40.2 Å². The molecule has 0 radical (unpaired) electrons. The van der Waals surface area contributed by atoms with Gasteiger partial charge in [0, 0.05) is 13.2 Å². The first-order valence-electron chi connectivity index (χ1n) is 5.90. The number of nitrogens with two attached hydrogens (primary N) is 1. The summed E-state index contributed by atoms with van der Waals surface area (Å²) in [6.07, 6.45) is 2.76. The van der Waals surface area contributed by atoms with Gasteiger partial charge in [0.25, 0.3) is 0 Å². The van der Waals surface area contributed by atoms with Crippen molar-refractivity contribution in [2.75, 3.05) is 5.32 Å². The molecule has 3 N–H and O–H groups in total. The maximum atomic E-state index is 6.14. The van der Waals surface area contributed by atoms with Crippen molar-refractivity contribution in [3.8, 4) is 0 Å². The molecule has 0 saturated carbocycles. The Kier molecular flexibility index (Phi) is 4.07. The minimum absolute atomic E-state index is 0.273. The number of aryl methyl sites for hydroxylation is 2. The van der Waals surface area contributed by atoms with E-state index in [2.05, 4.69) is 17.3 Å². The van der Waals surface area contributed by atoms with Crippen LogP contribution in [0.5, 0.6) is 0 Å². The van der Waals surface area contributed by atoms with Crippen LogP contribution in [0.15, 0.2) is 24.4 Å². The van der Waals surface area contributed by atoms with Crippen LogP contribution in [0.1, 0.15) is 18.2 Å².